The van der Waals surface area contributed by atoms with Gasteiger partial charge in [-0.15, -0.1) is 11.3 Å². The van der Waals surface area contributed by atoms with E-state index in [2.05, 4.69) is 45.2 Å². The molecule has 18 heavy (non-hydrogen) atoms. The summed E-state index contributed by atoms with van der Waals surface area (Å²) >= 11 is 3.48. The van der Waals surface area contributed by atoms with E-state index in [1.54, 1.807) is 11.3 Å². The predicted molar refractivity (Wildman–Crippen MR) is 83.1 cm³/mol. The number of nitrogens with one attached hydrogen (secondary N) is 2. The first-order valence-electron chi connectivity index (χ1n) is 6.07. The summed E-state index contributed by atoms with van der Waals surface area (Å²) in [4.78, 5) is 10.1. The van der Waals surface area contributed by atoms with Gasteiger partial charge >= 0.3 is 0 Å². The third-order valence-corrected chi connectivity index (χ3v) is 3.88. The molecule has 0 atom stereocenters. The molecule has 2 aromatic rings. The molecule has 0 spiro atoms. The molecule has 0 bridgehead atoms. The van der Waals surface area contributed by atoms with E-state index in [0.29, 0.717) is 0 Å². The molecule has 0 aliphatic carbocycles. The lowest BCUT2D eigenvalue weighted by Gasteiger charge is -2.09. The first-order chi connectivity index (χ1) is 8.85. The van der Waals surface area contributed by atoms with Crippen molar-refractivity contribution in [3.63, 3.8) is 0 Å². The van der Waals surface area contributed by atoms with Crippen molar-refractivity contribution >= 4 is 45.1 Å². The Labute approximate surface area is 116 Å². The zero-order valence-electron chi connectivity index (χ0n) is 10.7. The molecule has 4 nitrogen and oxygen atoms in total. The minimum absolute atomic E-state index is 0.721. The Balaban J connectivity index is 2.21. The third-order valence-electron chi connectivity index (χ3n) is 2.46. The largest absolute Gasteiger partial charge is 0.369 e. The molecule has 98 valence electrons. The summed E-state index contributed by atoms with van der Waals surface area (Å²) < 4.78 is 0. The van der Waals surface area contributed by atoms with E-state index in [9.17, 15) is 0 Å². The lowest BCUT2D eigenvalue weighted by atomic mass is 10.4. The Morgan fingerprint density at radius 2 is 2.17 bits per heavy atom. The Hall–Kier alpha value is -1.01. The zero-order valence-corrected chi connectivity index (χ0v) is 12.3. The maximum Gasteiger partial charge on any atom is 0.226 e. The lowest BCUT2D eigenvalue weighted by Crippen LogP contribution is -2.09. The third kappa shape index (κ3) is 3.26. The number of anilines is 2. The van der Waals surface area contributed by atoms with Crippen molar-refractivity contribution in [3.8, 4) is 0 Å². The van der Waals surface area contributed by atoms with Crippen LogP contribution in [-0.4, -0.2) is 35.1 Å². The van der Waals surface area contributed by atoms with Crippen LogP contribution in [0.4, 0.5) is 11.8 Å². The summed E-state index contributed by atoms with van der Waals surface area (Å²) in [5.41, 5.74) is 0. The molecule has 2 N–H and O–H groups in total. The SMILES string of the molecule is CCCNc1nc(NCCSC)c2ccsc2n1. The fraction of sp³-hybridized carbons (Fsp3) is 0.500. The highest BCUT2D eigenvalue weighted by Crippen LogP contribution is 2.26. The summed E-state index contributed by atoms with van der Waals surface area (Å²) in [7, 11) is 0. The quantitative estimate of drug-likeness (QED) is 0.763. The monoisotopic (exact) mass is 282 g/mol. The molecule has 0 amide bonds. The van der Waals surface area contributed by atoms with Crippen molar-refractivity contribution in [2.24, 2.45) is 0 Å². The van der Waals surface area contributed by atoms with Crippen molar-refractivity contribution in [2.45, 2.75) is 13.3 Å². The first-order valence-corrected chi connectivity index (χ1v) is 8.34. The second kappa shape index (κ2) is 6.80. The van der Waals surface area contributed by atoms with Crippen molar-refractivity contribution in [2.75, 3.05) is 35.7 Å². The highest BCUT2D eigenvalue weighted by atomic mass is 32.2. The molecule has 2 heterocycles. The summed E-state index contributed by atoms with van der Waals surface area (Å²) in [6, 6.07) is 2.07. The molecule has 2 aromatic heterocycles. The second-order valence-corrected chi connectivity index (χ2v) is 5.76. The van der Waals surface area contributed by atoms with Crippen LogP contribution in [-0.2, 0) is 0 Å². The summed E-state index contributed by atoms with van der Waals surface area (Å²) in [6.45, 7) is 3.96. The molecule has 0 aliphatic rings. The van der Waals surface area contributed by atoms with E-state index >= 15 is 0 Å². The van der Waals surface area contributed by atoms with Crippen LogP contribution in [0.1, 0.15) is 13.3 Å². The lowest BCUT2D eigenvalue weighted by molar-refractivity contribution is 0.957. The standard InChI is InChI=1S/C12H18N4S2/c1-3-5-14-12-15-10(13-6-8-17-2)9-4-7-18-11(9)16-12/h4,7H,3,5-6,8H2,1-2H3,(H2,13,14,15,16). The van der Waals surface area contributed by atoms with Gasteiger partial charge in [0, 0.05) is 18.8 Å². The molecule has 0 fully saturated rings. The number of thiophene rings is 1. The van der Waals surface area contributed by atoms with Crippen LogP contribution in [0, 0.1) is 0 Å². The molecule has 0 aliphatic heterocycles. The van der Waals surface area contributed by atoms with E-state index in [1.165, 1.54) is 0 Å². The minimum Gasteiger partial charge on any atom is -0.369 e. The highest BCUT2D eigenvalue weighted by molar-refractivity contribution is 7.98. The Morgan fingerprint density at radius 1 is 1.28 bits per heavy atom. The van der Waals surface area contributed by atoms with Gasteiger partial charge in [0.05, 0.1) is 5.39 Å². The van der Waals surface area contributed by atoms with Crippen molar-refractivity contribution < 1.29 is 0 Å². The smallest absolute Gasteiger partial charge is 0.226 e. The molecule has 6 heteroatoms. The van der Waals surface area contributed by atoms with Crippen LogP contribution in [0.25, 0.3) is 10.2 Å². The van der Waals surface area contributed by atoms with E-state index < -0.39 is 0 Å². The zero-order chi connectivity index (χ0) is 12.8. The maximum atomic E-state index is 4.55. The van der Waals surface area contributed by atoms with Crippen molar-refractivity contribution in [3.05, 3.63) is 11.4 Å². The molecule has 2 rings (SSSR count). The average Bonchev–Trinajstić information content (AvgIpc) is 2.85. The van der Waals surface area contributed by atoms with Crippen molar-refractivity contribution in [1.82, 2.24) is 9.97 Å². The number of nitrogens with zero attached hydrogens (tertiary/aromatic N) is 2. The molecule has 0 aromatic carbocycles. The number of thioether (sulfide) groups is 1. The van der Waals surface area contributed by atoms with Gasteiger partial charge in [0.15, 0.2) is 0 Å². The van der Waals surface area contributed by atoms with Crippen LogP contribution < -0.4 is 10.6 Å². The van der Waals surface area contributed by atoms with Crippen LogP contribution in [0.3, 0.4) is 0 Å². The first kappa shape index (κ1) is 13.4. The number of rotatable bonds is 7. The highest BCUT2D eigenvalue weighted by Gasteiger charge is 2.07. The van der Waals surface area contributed by atoms with Crippen LogP contribution in [0.15, 0.2) is 11.4 Å². The van der Waals surface area contributed by atoms with E-state index in [1.807, 2.05) is 11.8 Å². The van der Waals surface area contributed by atoms with Crippen LogP contribution in [0.5, 0.6) is 0 Å². The summed E-state index contributed by atoms with van der Waals surface area (Å²) in [6.07, 6.45) is 3.18. The Kier molecular flexibility index (Phi) is 5.07. The van der Waals surface area contributed by atoms with E-state index in [0.717, 1.165) is 47.2 Å². The molecular weight excluding hydrogens is 264 g/mol. The van der Waals surface area contributed by atoms with Gasteiger partial charge in [-0.05, 0) is 24.1 Å². The number of hydrogen-bond acceptors (Lipinski definition) is 6. The van der Waals surface area contributed by atoms with Gasteiger partial charge in [-0.3, -0.25) is 0 Å². The predicted octanol–water partition coefficient (Wildman–Crippen LogP) is 3.29. The number of aromatic nitrogens is 2. The van der Waals surface area contributed by atoms with Crippen LogP contribution >= 0.6 is 23.1 Å². The molecule has 0 unspecified atom stereocenters. The van der Waals surface area contributed by atoms with E-state index in [-0.39, 0.29) is 0 Å². The number of hydrogen-bond donors (Lipinski definition) is 2. The van der Waals surface area contributed by atoms with Gasteiger partial charge < -0.3 is 10.6 Å². The van der Waals surface area contributed by atoms with Gasteiger partial charge in [-0.2, -0.15) is 16.7 Å². The molecule has 0 saturated heterocycles. The average molecular weight is 282 g/mol. The summed E-state index contributed by atoms with van der Waals surface area (Å²) in [5.74, 6) is 2.74. The Bertz CT molecular complexity index is 498. The van der Waals surface area contributed by atoms with Gasteiger partial charge in [-0.1, -0.05) is 6.92 Å². The van der Waals surface area contributed by atoms with E-state index in [4.69, 9.17) is 0 Å². The van der Waals surface area contributed by atoms with Gasteiger partial charge in [0.2, 0.25) is 5.95 Å². The van der Waals surface area contributed by atoms with Gasteiger partial charge in [0.25, 0.3) is 0 Å². The molecular formula is C12H18N4S2. The fourth-order valence-electron chi connectivity index (χ4n) is 1.58. The topological polar surface area (TPSA) is 49.8 Å². The maximum absolute atomic E-state index is 4.55. The van der Waals surface area contributed by atoms with Gasteiger partial charge in [-0.25, -0.2) is 4.98 Å². The Morgan fingerprint density at radius 3 is 2.94 bits per heavy atom. The molecule has 0 radical (unpaired) electrons. The normalized spacial score (nSPS) is 10.8. The number of fused-ring (bicyclic) bond motifs is 1. The summed E-state index contributed by atoms with van der Waals surface area (Å²) in [5, 5.41) is 9.80. The minimum atomic E-state index is 0.721. The molecule has 0 saturated carbocycles. The van der Waals surface area contributed by atoms with Crippen LogP contribution in [0.2, 0.25) is 0 Å². The van der Waals surface area contributed by atoms with Crippen molar-refractivity contribution in [1.29, 1.82) is 0 Å². The fourth-order valence-corrected chi connectivity index (χ4v) is 2.65. The second-order valence-electron chi connectivity index (χ2n) is 3.88. The van der Waals surface area contributed by atoms with Gasteiger partial charge in [0.1, 0.15) is 10.6 Å².